The maximum atomic E-state index is 12.8. The number of nitrogens with zero attached hydrogens (tertiary/aromatic N) is 4. The first-order chi connectivity index (χ1) is 15.8. The van der Waals surface area contributed by atoms with Gasteiger partial charge in [-0.25, -0.2) is 4.79 Å². The summed E-state index contributed by atoms with van der Waals surface area (Å²) in [6, 6.07) is 6.13. The quantitative estimate of drug-likeness (QED) is 0.656. The molecular formula is C24H31N7O2. The van der Waals surface area contributed by atoms with Crippen molar-refractivity contribution in [3.05, 3.63) is 60.0 Å². The van der Waals surface area contributed by atoms with Crippen LogP contribution >= 0.6 is 0 Å². The first kappa shape index (κ1) is 21.4. The largest absolute Gasteiger partial charge is 0.444 e. The standard InChI is InChI=1S/C24H31N7O2/c1-23(2,3)33-22(32)31-11-10-30(16-24(31)6-7-24)21-15-29-28-14-20(21)27-13-17-4-5-18-19(12-17)26-9-8-25-18/h4-5,8-9,12,14-15,27-29H,6-7,10-11,13,16H2,1-3H3. The lowest BCUT2D eigenvalue weighted by Gasteiger charge is -2.44. The summed E-state index contributed by atoms with van der Waals surface area (Å²) in [6.07, 6.45) is 9.15. The number of fused-ring (bicyclic) bond motifs is 1. The third kappa shape index (κ3) is 4.53. The summed E-state index contributed by atoms with van der Waals surface area (Å²) in [5.41, 5.74) is 10.6. The van der Waals surface area contributed by atoms with Gasteiger partial charge in [0.2, 0.25) is 0 Å². The van der Waals surface area contributed by atoms with E-state index in [-0.39, 0.29) is 11.6 Å². The number of amides is 1. The minimum absolute atomic E-state index is 0.131. The number of hydrogen-bond donors (Lipinski definition) is 3. The molecule has 3 heterocycles. The van der Waals surface area contributed by atoms with Crippen LogP contribution in [0.5, 0.6) is 0 Å². The summed E-state index contributed by atoms with van der Waals surface area (Å²) in [5, 5.41) is 3.56. The Hall–Kier alpha value is -3.49. The van der Waals surface area contributed by atoms with Crippen LogP contribution in [0.4, 0.5) is 4.79 Å². The molecule has 3 N–H and O–H groups in total. The fourth-order valence-corrected chi connectivity index (χ4v) is 4.45. The molecule has 0 radical (unpaired) electrons. The number of hydrogen-bond acceptors (Lipinski definition) is 8. The number of hydrazine groups is 1. The molecule has 0 unspecified atom stereocenters. The van der Waals surface area contributed by atoms with E-state index in [1.165, 1.54) is 0 Å². The van der Waals surface area contributed by atoms with Gasteiger partial charge in [-0.1, -0.05) is 6.07 Å². The first-order valence-electron chi connectivity index (χ1n) is 11.4. The molecule has 2 aliphatic heterocycles. The molecular weight excluding hydrogens is 418 g/mol. The van der Waals surface area contributed by atoms with Crippen LogP contribution in [0.2, 0.25) is 0 Å². The lowest BCUT2D eigenvalue weighted by molar-refractivity contribution is -0.00270. The Labute approximate surface area is 193 Å². The van der Waals surface area contributed by atoms with E-state index in [1.54, 1.807) is 12.4 Å². The fourth-order valence-electron chi connectivity index (χ4n) is 4.45. The zero-order valence-corrected chi connectivity index (χ0v) is 19.4. The van der Waals surface area contributed by atoms with Gasteiger partial charge in [0.05, 0.1) is 28.0 Å². The van der Waals surface area contributed by atoms with E-state index in [4.69, 9.17) is 4.74 Å². The van der Waals surface area contributed by atoms with E-state index in [9.17, 15) is 4.79 Å². The maximum absolute atomic E-state index is 12.8. The summed E-state index contributed by atoms with van der Waals surface area (Å²) in [6.45, 7) is 8.60. The van der Waals surface area contributed by atoms with Gasteiger partial charge in [-0.05, 0) is 51.3 Å². The molecule has 3 aliphatic rings. The topological polar surface area (TPSA) is 94.7 Å². The van der Waals surface area contributed by atoms with E-state index in [0.717, 1.165) is 53.9 Å². The zero-order chi connectivity index (χ0) is 23.1. The zero-order valence-electron chi connectivity index (χ0n) is 19.4. The van der Waals surface area contributed by atoms with Gasteiger partial charge in [-0.15, -0.1) is 0 Å². The average molecular weight is 450 g/mol. The maximum Gasteiger partial charge on any atom is 0.410 e. The van der Waals surface area contributed by atoms with E-state index < -0.39 is 5.60 Å². The van der Waals surface area contributed by atoms with Gasteiger partial charge in [0.1, 0.15) is 5.60 Å². The minimum Gasteiger partial charge on any atom is -0.444 e. The van der Waals surface area contributed by atoms with Crippen LogP contribution in [-0.2, 0) is 11.3 Å². The molecule has 2 fully saturated rings. The molecule has 1 saturated carbocycles. The Morgan fingerprint density at radius 2 is 1.88 bits per heavy atom. The molecule has 1 amide bonds. The molecule has 9 heteroatoms. The number of rotatable bonds is 4. The summed E-state index contributed by atoms with van der Waals surface area (Å²) >= 11 is 0. The smallest absolute Gasteiger partial charge is 0.410 e. The second-order valence-electron chi connectivity index (χ2n) is 9.89. The van der Waals surface area contributed by atoms with Crippen molar-refractivity contribution in [2.75, 3.05) is 19.6 Å². The molecule has 2 aromatic rings. The molecule has 1 spiro atoms. The van der Waals surface area contributed by atoms with Gasteiger partial charge in [0.25, 0.3) is 0 Å². The van der Waals surface area contributed by atoms with E-state index in [1.807, 2.05) is 44.1 Å². The van der Waals surface area contributed by atoms with Crippen molar-refractivity contribution in [2.24, 2.45) is 0 Å². The van der Waals surface area contributed by atoms with Crippen molar-refractivity contribution < 1.29 is 9.53 Å². The summed E-state index contributed by atoms with van der Waals surface area (Å²) in [7, 11) is 0. The highest BCUT2D eigenvalue weighted by atomic mass is 16.6. The van der Waals surface area contributed by atoms with Gasteiger partial charge >= 0.3 is 6.09 Å². The SMILES string of the molecule is CC(C)(C)OC(=O)N1CCN(C2=CNNC=C2NCc2ccc3nccnc3c2)CC12CC2. The Kier molecular flexibility index (Phi) is 5.26. The Balaban J connectivity index is 1.25. The molecule has 1 aromatic heterocycles. The second-order valence-corrected chi connectivity index (χ2v) is 9.89. The van der Waals surface area contributed by atoms with Gasteiger partial charge in [0.15, 0.2) is 0 Å². The molecule has 33 heavy (non-hydrogen) atoms. The fraction of sp³-hybridized carbons (Fsp3) is 0.458. The molecule has 1 aromatic carbocycles. The number of carbonyl (C=O) groups excluding carboxylic acids is 1. The number of piperazine rings is 1. The molecule has 0 atom stereocenters. The highest BCUT2D eigenvalue weighted by Gasteiger charge is 2.54. The highest BCUT2D eigenvalue weighted by Crippen LogP contribution is 2.45. The molecule has 0 bridgehead atoms. The average Bonchev–Trinajstić information content (AvgIpc) is 3.55. The van der Waals surface area contributed by atoms with Crippen LogP contribution in [0.25, 0.3) is 11.0 Å². The number of carbonyl (C=O) groups is 1. The molecule has 1 aliphatic carbocycles. The van der Waals surface area contributed by atoms with Crippen molar-refractivity contribution in [3.63, 3.8) is 0 Å². The Bertz CT molecular complexity index is 1120. The summed E-state index contributed by atoms with van der Waals surface area (Å²) < 4.78 is 5.67. The number of nitrogens with one attached hydrogen (secondary N) is 3. The minimum atomic E-state index is -0.486. The van der Waals surface area contributed by atoms with E-state index in [0.29, 0.717) is 13.1 Å². The van der Waals surface area contributed by atoms with E-state index in [2.05, 4.69) is 43.2 Å². The molecule has 1 saturated heterocycles. The predicted molar refractivity (Wildman–Crippen MR) is 125 cm³/mol. The van der Waals surface area contributed by atoms with Crippen molar-refractivity contribution in [2.45, 2.75) is 51.3 Å². The monoisotopic (exact) mass is 449 g/mol. The normalized spacial score (nSPS) is 19.4. The van der Waals surface area contributed by atoms with Crippen molar-refractivity contribution >= 4 is 17.1 Å². The van der Waals surface area contributed by atoms with Crippen LogP contribution < -0.4 is 16.2 Å². The van der Waals surface area contributed by atoms with Crippen LogP contribution in [-0.4, -0.2) is 56.6 Å². The van der Waals surface area contributed by atoms with Crippen molar-refractivity contribution in [1.82, 2.24) is 35.9 Å². The van der Waals surface area contributed by atoms with Crippen LogP contribution in [0.15, 0.2) is 54.4 Å². The Morgan fingerprint density at radius 1 is 1.12 bits per heavy atom. The third-order valence-electron chi connectivity index (χ3n) is 6.23. The number of benzene rings is 1. The van der Waals surface area contributed by atoms with Crippen LogP contribution in [0, 0.1) is 0 Å². The van der Waals surface area contributed by atoms with Gasteiger partial charge < -0.3 is 25.8 Å². The highest BCUT2D eigenvalue weighted by molar-refractivity contribution is 5.74. The van der Waals surface area contributed by atoms with Gasteiger partial charge in [0, 0.05) is 51.0 Å². The molecule has 9 nitrogen and oxygen atoms in total. The lowest BCUT2D eigenvalue weighted by atomic mass is 10.1. The third-order valence-corrected chi connectivity index (χ3v) is 6.23. The number of aromatic nitrogens is 2. The van der Waals surface area contributed by atoms with Crippen LogP contribution in [0.1, 0.15) is 39.2 Å². The van der Waals surface area contributed by atoms with Gasteiger partial charge in [-0.3, -0.25) is 14.9 Å². The summed E-state index contributed by atoms with van der Waals surface area (Å²) in [4.78, 5) is 25.8. The van der Waals surface area contributed by atoms with Crippen LogP contribution in [0.3, 0.4) is 0 Å². The van der Waals surface area contributed by atoms with E-state index >= 15 is 0 Å². The molecule has 5 rings (SSSR count). The van der Waals surface area contributed by atoms with Crippen molar-refractivity contribution in [3.8, 4) is 0 Å². The summed E-state index contributed by atoms with van der Waals surface area (Å²) in [5.74, 6) is 0. The first-order valence-corrected chi connectivity index (χ1v) is 11.4. The van der Waals surface area contributed by atoms with Crippen molar-refractivity contribution in [1.29, 1.82) is 0 Å². The van der Waals surface area contributed by atoms with Gasteiger partial charge in [-0.2, -0.15) is 0 Å². The predicted octanol–water partition coefficient (Wildman–Crippen LogP) is 2.60. The molecule has 174 valence electrons. The lowest BCUT2D eigenvalue weighted by Crippen LogP contribution is -2.58. The second kappa shape index (κ2) is 8.13. The Morgan fingerprint density at radius 3 is 2.64 bits per heavy atom. The number of ether oxygens (including phenoxy) is 1.